The number of hydrogen-bond acceptors (Lipinski definition) is 5. The zero-order valence-electron chi connectivity index (χ0n) is 12.5. The highest BCUT2D eigenvalue weighted by Crippen LogP contribution is 2.16. The van der Waals surface area contributed by atoms with Crippen molar-refractivity contribution in [1.29, 1.82) is 0 Å². The van der Waals surface area contributed by atoms with Crippen LogP contribution in [0.4, 0.5) is 0 Å². The lowest BCUT2D eigenvalue weighted by Gasteiger charge is -2.13. The first kappa shape index (κ1) is 17.9. The molecule has 0 radical (unpaired) electrons. The minimum absolute atomic E-state index is 0.163. The van der Waals surface area contributed by atoms with Gasteiger partial charge in [-0.2, -0.15) is 0 Å². The van der Waals surface area contributed by atoms with E-state index in [0.717, 1.165) is 6.42 Å². The Hall–Kier alpha value is -1.15. The van der Waals surface area contributed by atoms with Gasteiger partial charge >= 0.3 is 0 Å². The van der Waals surface area contributed by atoms with E-state index in [1.165, 1.54) is 12.1 Å². The summed E-state index contributed by atoms with van der Waals surface area (Å²) in [6.07, 6.45) is 0.598. The van der Waals surface area contributed by atoms with Gasteiger partial charge in [0.25, 0.3) is 0 Å². The average Bonchev–Trinajstić information content (AvgIpc) is 2.46. The first-order valence-electron chi connectivity index (χ1n) is 7.03. The van der Waals surface area contributed by atoms with Gasteiger partial charge in [0, 0.05) is 13.2 Å². The molecule has 6 nitrogen and oxygen atoms in total. The van der Waals surface area contributed by atoms with Crippen LogP contribution in [0.3, 0.4) is 0 Å². The normalized spacial score (nSPS) is 13.1. The lowest BCUT2D eigenvalue weighted by molar-refractivity contribution is 0.0799. The van der Waals surface area contributed by atoms with Crippen LogP contribution in [0.5, 0.6) is 5.75 Å². The van der Waals surface area contributed by atoms with Crippen LogP contribution in [-0.2, 0) is 14.8 Å². The molecule has 7 heteroatoms. The Morgan fingerprint density at radius 1 is 1.29 bits per heavy atom. The van der Waals surface area contributed by atoms with Crippen LogP contribution in [0.25, 0.3) is 0 Å². The maximum absolute atomic E-state index is 12.1. The Morgan fingerprint density at radius 3 is 2.52 bits per heavy atom. The van der Waals surface area contributed by atoms with E-state index in [1.807, 2.05) is 13.8 Å². The van der Waals surface area contributed by atoms with E-state index in [9.17, 15) is 8.42 Å². The number of benzene rings is 1. The largest absolute Gasteiger partial charge is 0.494 e. The van der Waals surface area contributed by atoms with E-state index >= 15 is 0 Å². The summed E-state index contributed by atoms with van der Waals surface area (Å²) < 4.78 is 37.4. The molecule has 0 aromatic heterocycles. The van der Waals surface area contributed by atoms with Crippen LogP contribution in [0.1, 0.15) is 20.3 Å². The van der Waals surface area contributed by atoms with Gasteiger partial charge in [-0.25, -0.2) is 13.1 Å². The molecule has 0 aliphatic carbocycles. The number of nitrogens with one attached hydrogen (secondary N) is 1. The molecule has 0 saturated heterocycles. The summed E-state index contributed by atoms with van der Waals surface area (Å²) in [7, 11) is -3.52. The van der Waals surface area contributed by atoms with E-state index in [4.69, 9.17) is 15.2 Å². The fourth-order valence-corrected chi connectivity index (χ4v) is 2.76. The lowest BCUT2D eigenvalue weighted by atomic mass is 10.3. The van der Waals surface area contributed by atoms with Crippen LogP contribution in [0.15, 0.2) is 29.2 Å². The first-order valence-corrected chi connectivity index (χ1v) is 8.52. The summed E-state index contributed by atoms with van der Waals surface area (Å²) in [4.78, 5) is 0.206. The van der Waals surface area contributed by atoms with Gasteiger partial charge in [0.1, 0.15) is 5.75 Å². The highest BCUT2D eigenvalue weighted by Gasteiger charge is 2.15. The summed E-state index contributed by atoms with van der Waals surface area (Å²) in [6.45, 7) is 5.57. The van der Waals surface area contributed by atoms with E-state index in [2.05, 4.69) is 4.72 Å². The van der Waals surface area contributed by atoms with Crippen molar-refractivity contribution in [1.82, 2.24) is 4.72 Å². The van der Waals surface area contributed by atoms with Crippen LogP contribution >= 0.6 is 0 Å². The summed E-state index contributed by atoms with van der Waals surface area (Å²) in [5.41, 5.74) is 5.38. The molecule has 1 aromatic rings. The summed E-state index contributed by atoms with van der Waals surface area (Å²) in [5, 5.41) is 0. The van der Waals surface area contributed by atoms with Crippen molar-refractivity contribution in [3.8, 4) is 5.75 Å². The number of rotatable bonds is 10. The van der Waals surface area contributed by atoms with Crippen molar-refractivity contribution >= 4 is 10.0 Å². The maximum atomic E-state index is 12.1. The average molecular weight is 316 g/mol. The number of nitrogens with two attached hydrogens (primary N) is 1. The van der Waals surface area contributed by atoms with Crippen LogP contribution in [-0.4, -0.2) is 40.8 Å². The van der Waals surface area contributed by atoms with Crippen LogP contribution in [0, 0.1) is 0 Å². The molecule has 0 spiro atoms. The third kappa shape index (κ3) is 6.43. The first-order chi connectivity index (χ1) is 9.99. The van der Waals surface area contributed by atoms with E-state index in [1.54, 1.807) is 12.1 Å². The van der Waals surface area contributed by atoms with Gasteiger partial charge in [0.05, 0.1) is 17.6 Å². The highest BCUT2D eigenvalue weighted by molar-refractivity contribution is 7.89. The molecule has 1 atom stereocenters. The van der Waals surface area contributed by atoms with E-state index in [-0.39, 0.29) is 17.5 Å². The molecule has 120 valence electrons. The second-order valence-electron chi connectivity index (χ2n) is 4.58. The molecule has 21 heavy (non-hydrogen) atoms. The minimum atomic E-state index is -3.52. The molecule has 1 rings (SSSR count). The smallest absolute Gasteiger partial charge is 0.240 e. The van der Waals surface area contributed by atoms with Crippen molar-refractivity contribution in [2.45, 2.75) is 31.3 Å². The summed E-state index contributed by atoms with van der Waals surface area (Å²) in [5.74, 6) is 0.630. The van der Waals surface area contributed by atoms with Crippen molar-refractivity contribution in [2.75, 3.05) is 26.3 Å². The molecule has 1 aromatic carbocycles. The van der Waals surface area contributed by atoms with E-state index < -0.39 is 10.0 Å². The Bertz CT molecular complexity index is 502. The van der Waals surface area contributed by atoms with E-state index in [0.29, 0.717) is 25.5 Å². The topological polar surface area (TPSA) is 90.6 Å². The standard InChI is InChI=1S/C14H24N2O4S/c1-3-19-12(2)11-16-21(17,18)14-7-5-13(6-8-14)20-10-4-9-15/h5-8,12,16H,3-4,9-11,15H2,1-2H3. The fraction of sp³-hybridized carbons (Fsp3) is 0.571. The third-order valence-electron chi connectivity index (χ3n) is 2.76. The molecule has 1 unspecified atom stereocenters. The number of sulfonamides is 1. The van der Waals surface area contributed by atoms with Crippen molar-refractivity contribution in [3.05, 3.63) is 24.3 Å². The molecule has 0 aliphatic heterocycles. The molecular formula is C14H24N2O4S. The SMILES string of the molecule is CCOC(C)CNS(=O)(=O)c1ccc(OCCCN)cc1. The monoisotopic (exact) mass is 316 g/mol. The predicted octanol–water partition coefficient (Wildman–Crippen LogP) is 1.12. The quantitative estimate of drug-likeness (QED) is 0.631. The van der Waals surface area contributed by atoms with Crippen LogP contribution in [0.2, 0.25) is 0 Å². The number of ether oxygens (including phenoxy) is 2. The van der Waals surface area contributed by atoms with Gasteiger partial charge in [-0.3, -0.25) is 0 Å². The van der Waals surface area contributed by atoms with Gasteiger partial charge in [-0.05, 0) is 51.1 Å². The van der Waals surface area contributed by atoms with Crippen molar-refractivity contribution < 1.29 is 17.9 Å². The van der Waals surface area contributed by atoms with Gasteiger partial charge in [-0.1, -0.05) is 0 Å². The lowest BCUT2D eigenvalue weighted by Crippen LogP contribution is -2.32. The molecule has 3 N–H and O–H groups in total. The molecular weight excluding hydrogens is 292 g/mol. The minimum Gasteiger partial charge on any atom is -0.494 e. The molecule has 0 heterocycles. The predicted molar refractivity (Wildman–Crippen MR) is 81.9 cm³/mol. The fourth-order valence-electron chi connectivity index (χ4n) is 1.64. The zero-order valence-corrected chi connectivity index (χ0v) is 13.4. The van der Waals surface area contributed by atoms with Gasteiger partial charge in [0.2, 0.25) is 10.0 Å². The molecule has 0 bridgehead atoms. The Kier molecular flexibility index (Phi) is 7.66. The Balaban J connectivity index is 2.58. The molecule has 0 fully saturated rings. The van der Waals surface area contributed by atoms with Crippen LogP contribution < -0.4 is 15.2 Å². The van der Waals surface area contributed by atoms with Gasteiger partial charge in [-0.15, -0.1) is 0 Å². The third-order valence-corrected chi connectivity index (χ3v) is 4.20. The second kappa shape index (κ2) is 8.99. The van der Waals surface area contributed by atoms with Gasteiger partial charge < -0.3 is 15.2 Å². The van der Waals surface area contributed by atoms with Crippen molar-refractivity contribution in [3.63, 3.8) is 0 Å². The molecule has 0 saturated carbocycles. The molecule has 0 aliphatic rings. The second-order valence-corrected chi connectivity index (χ2v) is 6.35. The van der Waals surface area contributed by atoms with Gasteiger partial charge in [0.15, 0.2) is 0 Å². The van der Waals surface area contributed by atoms with Crippen molar-refractivity contribution in [2.24, 2.45) is 5.73 Å². The summed E-state index contributed by atoms with van der Waals surface area (Å²) >= 11 is 0. The zero-order chi connectivity index (χ0) is 15.7. The molecule has 0 amide bonds. The Morgan fingerprint density at radius 2 is 1.95 bits per heavy atom. The highest BCUT2D eigenvalue weighted by atomic mass is 32.2. The maximum Gasteiger partial charge on any atom is 0.240 e. The summed E-state index contributed by atoms with van der Waals surface area (Å²) in [6, 6.07) is 6.31. The number of hydrogen-bond donors (Lipinski definition) is 2. The Labute approximate surface area is 126 Å².